The second-order valence-corrected chi connectivity index (χ2v) is 8.21. The number of benzene rings is 1. The number of aromatic nitrogens is 3. The maximum Gasteiger partial charge on any atom is 0.115 e. The first-order valence-corrected chi connectivity index (χ1v) is 9.40. The highest BCUT2D eigenvalue weighted by molar-refractivity contribution is 7.09. The molecule has 0 amide bonds. The van der Waals surface area contributed by atoms with E-state index in [0.29, 0.717) is 17.9 Å². The zero-order valence-electron chi connectivity index (χ0n) is 12.7. The summed E-state index contributed by atoms with van der Waals surface area (Å²) in [4.78, 5) is 4.65. The highest BCUT2D eigenvalue weighted by atomic mass is 32.1. The lowest BCUT2D eigenvalue weighted by Crippen LogP contribution is -2.35. The maximum atomic E-state index is 4.65. The van der Waals surface area contributed by atoms with Gasteiger partial charge in [0.05, 0.1) is 17.8 Å². The zero-order chi connectivity index (χ0) is 15.0. The van der Waals surface area contributed by atoms with Gasteiger partial charge in [-0.15, -0.1) is 11.3 Å². The molecule has 5 heteroatoms. The van der Waals surface area contributed by atoms with Crippen LogP contribution in [0.1, 0.15) is 41.8 Å². The van der Waals surface area contributed by atoms with Gasteiger partial charge < -0.3 is 5.32 Å². The third-order valence-electron chi connectivity index (χ3n) is 6.39. The van der Waals surface area contributed by atoms with Crippen LogP contribution >= 0.6 is 11.3 Å². The van der Waals surface area contributed by atoms with Gasteiger partial charge in [-0.05, 0) is 60.6 Å². The fourth-order valence-corrected chi connectivity index (χ4v) is 6.39. The molecule has 2 N–H and O–H groups in total. The van der Waals surface area contributed by atoms with Crippen molar-refractivity contribution in [3.63, 3.8) is 0 Å². The lowest BCUT2D eigenvalue weighted by molar-refractivity contribution is 0.248. The number of anilines is 1. The number of aromatic amines is 1. The molecule has 2 bridgehead atoms. The van der Waals surface area contributed by atoms with E-state index in [2.05, 4.69) is 38.0 Å². The predicted octanol–water partition coefficient (Wildman–Crippen LogP) is 4.32. The molecule has 23 heavy (non-hydrogen) atoms. The highest BCUT2D eigenvalue weighted by Crippen LogP contribution is 2.64. The lowest BCUT2D eigenvalue weighted by atomic mass is 9.69. The average Bonchev–Trinajstić information content (AvgIpc) is 3.37. The maximum absolute atomic E-state index is 4.65. The van der Waals surface area contributed by atoms with Crippen LogP contribution in [0.4, 0.5) is 5.69 Å². The third kappa shape index (κ3) is 1.56. The molecule has 1 aromatic carbocycles. The number of rotatable bonds is 1. The standard InChI is InChI=1S/C18H18N4S/c1-2-10-7-9(1)14-15(10)17(18-19-5-6-23-18)21-13-4-3-12-11(16(13)14)8-20-22-12/h3-6,8-10,14-15,17,21H,1-2,7H2,(H,20,22)/t9-,10+,14+,15-,17-/m1/s1. The minimum Gasteiger partial charge on any atom is -0.375 e. The van der Waals surface area contributed by atoms with E-state index in [0.717, 1.165) is 11.8 Å². The summed E-state index contributed by atoms with van der Waals surface area (Å²) < 4.78 is 0. The Labute approximate surface area is 138 Å². The van der Waals surface area contributed by atoms with E-state index >= 15 is 0 Å². The van der Waals surface area contributed by atoms with Gasteiger partial charge in [0.1, 0.15) is 5.01 Å². The van der Waals surface area contributed by atoms with Gasteiger partial charge in [0.25, 0.3) is 0 Å². The number of fused-ring (bicyclic) bond motifs is 9. The monoisotopic (exact) mass is 322 g/mol. The van der Waals surface area contributed by atoms with Gasteiger partial charge in [0, 0.05) is 22.7 Å². The summed E-state index contributed by atoms with van der Waals surface area (Å²) >= 11 is 1.79. The van der Waals surface area contributed by atoms with Crippen LogP contribution in [0.25, 0.3) is 10.9 Å². The predicted molar refractivity (Wildman–Crippen MR) is 91.6 cm³/mol. The number of nitrogens with one attached hydrogen (secondary N) is 2. The summed E-state index contributed by atoms with van der Waals surface area (Å²) in [6.07, 6.45) is 8.14. The number of thiazole rings is 1. The summed E-state index contributed by atoms with van der Waals surface area (Å²) in [6, 6.07) is 4.77. The molecular formula is C18H18N4S. The summed E-state index contributed by atoms with van der Waals surface area (Å²) in [7, 11) is 0. The van der Waals surface area contributed by atoms with Crippen LogP contribution in [0.5, 0.6) is 0 Å². The van der Waals surface area contributed by atoms with Crippen LogP contribution in [-0.2, 0) is 0 Å². The largest absolute Gasteiger partial charge is 0.375 e. The van der Waals surface area contributed by atoms with Crippen LogP contribution in [0.3, 0.4) is 0 Å². The molecular weight excluding hydrogens is 304 g/mol. The van der Waals surface area contributed by atoms with Crippen LogP contribution in [0, 0.1) is 17.8 Å². The van der Waals surface area contributed by atoms with E-state index in [9.17, 15) is 0 Å². The summed E-state index contributed by atoms with van der Waals surface area (Å²) in [5.41, 5.74) is 3.98. The van der Waals surface area contributed by atoms with Crippen LogP contribution in [0.2, 0.25) is 0 Å². The average molecular weight is 322 g/mol. The molecule has 3 heterocycles. The Bertz CT molecular complexity index is 884. The number of hydrogen-bond acceptors (Lipinski definition) is 4. The highest BCUT2D eigenvalue weighted by Gasteiger charge is 2.54. The van der Waals surface area contributed by atoms with Gasteiger partial charge in [-0.2, -0.15) is 5.10 Å². The van der Waals surface area contributed by atoms with E-state index in [1.807, 2.05) is 12.4 Å². The second kappa shape index (κ2) is 4.35. The van der Waals surface area contributed by atoms with Crippen molar-refractivity contribution in [2.45, 2.75) is 31.2 Å². The first kappa shape index (κ1) is 12.5. The molecule has 1 aliphatic heterocycles. The molecule has 0 radical (unpaired) electrons. The van der Waals surface area contributed by atoms with Crippen LogP contribution in [0.15, 0.2) is 29.9 Å². The molecule has 5 atom stereocenters. The minimum absolute atomic E-state index is 0.382. The topological polar surface area (TPSA) is 53.6 Å². The zero-order valence-corrected chi connectivity index (χ0v) is 13.5. The van der Waals surface area contributed by atoms with E-state index in [4.69, 9.17) is 0 Å². The van der Waals surface area contributed by atoms with Crippen molar-refractivity contribution in [1.82, 2.24) is 15.2 Å². The molecule has 0 spiro atoms. The Kier molecular flexibility index (Phi) is 2.37. The Hall–Kier alpha value is -1.88. The van der Waals surface area contributed by atoms with Crippen molar-refractivity contribution in [2.75, 3.05) is 5.32 Å². The molecule has 3 aliphatic rings. The number of H-pyrrole nitrogens is 1. The van der Waals surface area contributed by atoms with E-state index in [1.165, 1.54) is 46.4 Å². The SMILES string of the molecule is c1csc([C@@H]2Nc3ccc4[nH]ncc4c3[C@H]3[C@@H]4CC[C@@H](C4)[C@H]32)n1. The summed E-state index contributed by atoms with van der Waals surface area (Å²) in [5, 5.41) is 16.0. The van der Waals surface area contributed by atoms with Crippen molar-refractivity contribution in [1.29, 1.82) is 0 Å². The van der Waals surface area contributed by atoms with Gasteiger partial charge in [-0.25, -0.2) is 4.98 Å². The smallest absolute Gasteiger partial charge is 0.115 e. The lowest BCUT2D eigenvalue weighted by Gasteiger charge is -2.42. The molecule has 4 nitrogen and oxygen atoms in total. The Morgan fingerprint density at radius 2 is 2.13 bits per heavy atom. The van der Waals surface area contributed by atoms with Crippen molar-refractivity contribution < 1.29 is 0 Å². The summed E-state index contributed by atoms with van der Waals surface area (Å²) in [5.74, 6) is 3.05. The van der Waals surface area contributed by atoms with Crippen molar-refractivity contribution in [3.8, 4) is 0 Å². The Morgan fingerprint density at radius 1 is 1.17 bits per heavy atom. The molecule has 2 aromatic heterocycles. The first-order valence-electron chi connectivity index (χ1n) is 8.52. The van der Waals surface area contributed by atoms with Crippen molar-refractivity contribution >= 4 is 27.9 Å². The van der Waals surface area contributed by atoms with E-state index < -0.39 is 0 Å². The number of hydrogen-bond donors (Lipinski definition) is 2. The number of nitrogens with zero attached hydrogens (tertiary/aromatic N) is 2. The Morgan fingerprint density at radius 3 is 3.04 bits per heavy atom. The third-order valence-corrected chi connectivity index (χ3v) is 7.25. The molecule has 2 saturated carbocycles. The minimum atomic E-state index is 0.382. The van der Waals surface area contributed by atoms with E-state index in [-0.39, 0.29) is 0 Å². The Balaban J connectivity index is 1.60. The first-order chi connectivity index (χ1) is 11.4. The van der Waals surface area contributed by atoms with Gasteiger partial charge in [0.2, 0.25) is 0 Å². The summed E-state index contributed by atoms with van der Waals surface area (Å²) in [6.45, 7) is 0. The second-order valence-electron chi connectivity index (χ2n) is 7.29. The molecule has 6 rings (SSSR count). The van der Waals surface area contributed by atoms with E-state index in [1.54, 1.807) is 11.3 Å². The quantitative estimate of drug-likeness (QED) is 0.701. The molecule has 2 fully saturated rings. The molecule has 0 saturated heterocycles. The van der Waals surface area contributed by atoms with Gasteiger partial charge in [-0.3, -0.25) is 5.10 Å². The molecule has 116 valence electrons. The van der Waals surface area contributed by atoms with Crippen molar-refractivity contribution in [2.24, 2.45) is 17.8 Å². The molecule has 3 aromatic rings. The molecule has 2 aliphatic carbocycles. The fraction of sp³-hybridized carbons (Fsp3) is 0.444. The van der Waals surface area contributed by atoms with Crippen LogP contribution in [-0.4, -0.2) is 15.2 Å². The van der Waals surface area contributed by atoms with Gasteiger partial charge >= 0.3 is 0 Å². The van der Waals surface area contributed by atoms with Gasteiger partial charge in [0.15, 0.2) is 0 Å². The normalized spacial score (nSPS) is 34.3. The van der Waals surface area contributed by atoms with Gasteiger partial charge in [-0.1, -0.05) is 0 Å². The molecule has 0 unspecified atom stereocenters. The van der Waals surface area contributed by atoms with Crippen LogP contribution < -0.4 is 5.32 Å². The fourth-order valence-electron chi connectivity index (χ4n) is 5.65. The van der Waals surface area contributed by atoms with Crippen molar-refractivity contribution in [3.05, 3.63) is 40.5 Å².